The zero-order chi connectivity index (χ0) is 28.4. The maximum Gasteiger partial charge on any atom is 0.244 e. The summed E-state index contributed by atoms with van der Waals surface area (Å²) in [5.74, 6) is -0.666. The van der Waals surface area contributed by atoms with Gasteiger partial charge in [0.05, 0.1) is 11.9 Å². The van der Waals surface area contributed by atoms with Gasteiger partial charge >= 0.3 is 0 Å². The molecule has 3 rings (SSSR count). The number of carbonyl (C=O) groups excluding carboxylic acids is 2. The molecule has 0 aliphatic heterocycles. The number of nitrogens with one attached hydrogen (secondary N) is 1. The van der Waals surface area contributed by atoms with E-state index < -0.39 is 28.5 Å². The van der Waals surface area contributed by atoms with Crippen LogP contribution < -0.4 is 9.62 Å². The van der Waals surface area contributed by atoms with Crippen molar-refractivity contribution >= 4 is 27.5 Å². The Hall–Kier alpha value is -3.65. The molecule has 208 valence electrons. The molecule has 0 heterocycles. The first kappa shape index (κ1) is 29.9. The lowest BCUT2D eigenvalue weighted by molar-refractivity contribution is -0.140. The zero-order valence-corrected chi connectivity index (χ0v) is 24.0. The Kier molecular flexibility index (Phi) is 10.7. The molecule has 0 bridgehead atoms. The molecule has 0 saturated heterocycles. The number of benzene rings is 3. The molecular formula is C31H39N3O4S. The first-order chi connectivity index (χ1) is 18.6. The largest absolute Gasteiger partial charge is 0.354 e. The van der Waals surface area contributed by atoms with Gasteiger partial charge in [-0.25, -0.2) is 8.42 Å². The molecule has 1 atom stereocenters. The highest BCUT2D eigenvalue weighted by Crippen LogP contribution is 2.29. The quantitative estimate of drug-likeness (QED) is 0.334. The van der Waals surface area contributed by atoms with Crippen LogP contribution in [0.4, 0.5) is 5.69 Å². The SMILES string of the molecule is CCCNC(=O)C(Cc1ccccc1)N(Cc1ccccc1)C(=O)CN(c1ccccc1C(C)C)S(C)(=O)=O. The third-order valence-electron chi connectivity index (χ3n) is 6.52. The van der Waals surface area contributed by atoms with Gasteiger partial charge in [-0.3, -0.25) is 13.9 Å². The van der Waals surface area contributed by atoms with Gasteiger partial charge in [-0.2, -0.15) is 0 Å². The van der Waals surface area contributed by atoms with Crippen LogP contribution in [0.1, 0.15) is 49.8 Å². The highest BCUT2D eigenvalue weighted by atomic mass is 32.2. The lowest BCUT2D eigenvalue weighted by atomic mass is 10.0. The lowest BCUT2D eigenvalue weighted by Gasteiger charge is -2.34. The number of nitrogens with zero attached hydrogens (tertiary/aromatic N) is 2. The fourth-order valence-corrected chi connectivity index (χ4v) is 5.37. The summed E-state index contributed by atoms with van der Waals surface area (Å²) in [6.07, 6.45) is 2.16. The molecule has 3 aromatic rings. The topological polar surface area (TPSA) is 86.8 Å². The van der Waals surface area contributed by atoms with Crippen molar-refractivity contribution in [2.45, 2.75) is 52.1 Å². The van der Waals surface area contributed by atoms with Crippen molar-refractivity contribution < 1.29 is 18.0 Å². The van der Waals surface area contributed by atoms with Gasteiger partial charge in [0, 0.05) is 19.5 Å². The Morgan fingerprint density at radius 1 is 0.846 bits per heavy atom. The van der Waals surface area contributed by atoms with Gasteiger partial charge in [-0.05, 0) is 35.1 Å². The third-order valence-corrected chi connectivity index (χ3v) is 7.65. The molecule has 0 aliphatic rings. The fourth-order valence-electron chi connectivity index (χ4n) is 4.50. The summed E-state index contributed by atoms with van der Waals surface area (Å²) in [6, 6.07) is 25.4. The molecule has 0 aliphatic carbocycles. The average molecular weight is 550 g/mol. The number of rotatable bonds is 13. The molecule has 8 heteroatoms. The molecule has 0 saturated carbocycles. The molecule has 1 unspecified atom stereocenters. The normalized spacial score (nSPS) is 12.1. The molecule has 0 spiro atoms. The van der Waals surface area contributed by atoms with Crippen LogP contribution in [-0.2, 0) is 32.6 Å². The van der Waals surface area contributed by atoms with Gasteiger partial charge in [0.15, 0.2) is 0 Å². The molecule has 1 N–H and O–H groups in total. The monoisotopic (exact) mass is 549 g/mol. The summed E-state index contributed by atoms with van der Waals surface area (Å²) in [6.45, 7) is 6.17. The minimum Gasteiger partial charge on any atom is -0.354 e. The van der Waals surface area contributed by atoms with Crippen LogP contribution in [0.25, 0.3) is 0 Å². The van der Waals surface area contributed by atoms with Crippen molar-refractivity contribution in [3.05, 3.63) is 102 Å². The average Bonchev–Trinajstić information content (AvgIpc) is 2.92. The van der Waals surface area contributed by atoms with E-state index in [1.165, 1.54) is 4.90 Å². The van der Waals surface area contributed by atoms with E-state index in [0.29, 0.717) is 18.7 Å². The van der Waals surface area contributed by atoms with Crippen molar-refractivity contribution in [1.82, 2.24) is 10.2 Å². The Morgan fingerprint density at radius 3 is 1.97 bits per heavy atom. The van der Waals surface area contributed by atoms with Crippen LogP contribution in [-0.4, -0.2) is 50.5 Å². The summed E-state index contributed by atoms with van der Waals surface area (Å²) >= 11 is 0. The third kappa shape index (κ3) is 8.42. The predicted octanol–water partition coefficient (Wildman–Crippen LogP) is 4.74. The van der Waals surface area contributed by atoms with E-state index >= 15 is 0 Å². The van der Waals surface area contributed by atoms with Crippen molar-refractivity contribution in [1.29, 1.82) is 0 Å². The van der Waals surface area contributed by atoms with Crippen LogP contribution in [0.5, 0.6) is 0 Å². The minimum atomic E-state index is -3.81. The van der Waals surface area contributed by atoms with Crippen molar-refractivity contribution in [2.75, 3.05) is 23.7 Å². The first-order valence-electron chi connectivity index (χ1n) is 13.3. The van der Waals surface area contributed by atoms with E-state index in [1.807, 2.05) is 93.6 Å². The number of hydrogen-bond donors (Lipinski definition) is 1. The predicted molar refractivity (Wildman–Crippen MR) is 157 cm³/mol. The van der Waals surface area contributed by atoms with E-state index in [2.05, 4.69) is 5.32 Å². The maximum absolute atomic E-state index is 14.1. The smallest absolute Gasteiger partial charge is 0.244 e. The minimum absolute atomic E-state index is 0.0478. The molecule has 0 aromatic heterocycles. The number of carbonyl (C=O) groups is 2. The Bertz CT molecular complexity index is 1330. The van der Waals surface area contributed by atoms with Gasteiger partial charge in [-0.15, -0.1) is 0 Å². The Labute approximate surface area is 232 Å². The molecular weight excluding hydrogens is 510 g/mol. The second-order valence-electron chi connectivity index (χ2n) is 9.99. The second-order valence-corrected chi connectivity index (χ2v) is 11.9. The van der Waals surface area contributed by atoms with E-state index in [-0.39, 0.29) is 18.4 Å². The van der Waals surface area contributed by atoms with Gasteiger partial charge < -0.3 is 10.2 Å². The highest BCUT2D eigenvalue weighted by Gasteiger charge is 2.33. The number of amides is 2. The molecule has 2 amide bonds. The van der Waals surface area contributed by atoms with Crippen LogP contribution in [0.15, 0.2) is 84.9 Å². The van der Waals surface area contributed by atoms with Crippen molar-refractivity contribution in [3.8, 4) is 0 Å². The maximum atomic E-state index is 14.1. The molecule has 3 aromatic carbocycles. The summed E-state index contributed by atoms with van der Waals surface area (Å²) in [4.78, 5) is 29.1. The van der Waals surface area contributed by atoms with Crippen molar-refractivity contribution in [3.63, 3.8) is 0 Å². The van der Waals surface area contributed by atoms with E-state index in [1.54, 1.807) is 12.1 Å². The van der Waals surface area contributed by atoms with Crippen LogP contribution >= 0.6 is 0 Å². The van der Waals surface area contributed by atoms with Gasteiger partial charge in [0.2, 0.25) is 21.8 Å². The molecule has 39 heavy (non-hydrogen) atoms. The van der Waals surface area contributed by atoms with Gasteiger partial charge in [0.25, 0.3) is 0 Å². The fraction of sp³-hybridized carbons (Fsp3) is 0.355. The van der Waals surface area contributed by atoms with Gasteiger partial charge in [-0.1, -0.05) is 99.6 Å². The van der Waals surface area contributed by atoms with Crippen LogP contribution in [0, 0.1) is 0 Å². The van der Waals surface area contributed by atoms with Gasteiger partial charge in [0.1, 0.15) is 12.6 Å². The summed E-state index contributed by atoms with van der Waals surface area (Å²) < 4.78 is 27.2. The van der Waals surface area contributed by atoms with Crippen LogP contribution in [0.3, 0.4) is 0 Å². The second kappa shape index (κ2) is 13.9. The first-order valence-corrected chi connectivity index (χ1v) is 15.2. The summed E-state index contributed by atoms with van der Waals surface area (Å²) in [7, 11) is -3.81. The molecule has 7 nitrogen and oxygen atoms in total. The van der Waals surface area contributed by atoms with Crippen molar-refractivity contribution in [2.24, 2.45) is 0 Å². The number of anilines is 1. The number of hydrogen-bond acceptors (Lipinski definition) is 4. The van der Waals surface area contributed by atoms with Crippen LogP contribution in [0.2, 0.25) is 0 Å². The number of sulfonamides is 1. The highest BCUT2D eigenvalue weighted by molar-refractivity contribution is 7.92. The van der Waals surface area contributed by atoms with E-state index in [9.17, 15) is 18.0 Å². The van der Waals surface area contributed by atoms with E-state index in [0.717, 1.165) is 33.7 Å². The lowest BCUT2D eigenvalue weighted by Crippen LogP contribution is -2.53. The molecule has 0 radical (unpaired) electrons. The summed E-state index contributed by atoms with van der Waals surface area (Å²) in [5, 5.41) is 2.95. The Morgan fingerprint density at radius 2 is 1.41 bits per heavy atom. The molecule has 0 fully saturated rings. The Balaban J connectivity index is 2.06. The standard InChI is InChI=1S/C31H39N3O4S/c1-5-20-32-31(36)29(21-25-14-8-6-9-15-25)33(22-26-16-10-7-11-17-26)30(35)23-34(39(4,37)38)28-19-13-12-18-27(28)24(2)3/h6-19,24,29H,5,20-23H2,1-4H3,(H,32,36). The zero-order valence-electron chi connectivity index (χ0n) is 23.2. The number of para-hydroxylation sites is 1. The summed E-state index contributed by atoms with van der Waals surface area (Å²) in [5.41, 5.74) is 3.05. The van der Waals surface area contributed by atoms with E-state index in [4.69, 9.17) is 0 Å².